The summed E-state index contributed by atoms with van der Waals surface area (Å²) >= 11 is 0. The molecule has 0 bridgehead atoms. The quantitative estimate of drug-likeness (QED) is 0.916. The van der Waals surface area contributed by atoms with Gasteiger partial charge in [0, 0.05) is 32.1 Å². The molecular weight excluding hydrogens is 310 g/mol. The molecule has 0 aromatic heterocycles. The molecule has 0 spiro atoms. The highest BCUT2D eigenvalue weighted by atomic mass is 35.5. The summed E-state index contributed by atoms with van der Waals surface area (Å²) in [5.41, 5.74) is 1.25. The van der Waals surface area contributed by atoms with Gasteiger partial charge >= 0.3 is 0 Å². The van der Waals surface area contributed by atoms with Gasteiger partial charge in [0.15, 0.2) is 0 Å². The molecule has 3 rings (SSSR count). The van der Waals surface area contributed by atoms with Crippen molar-refractivity contribution in [1.29, 1.82) is 0 Å². The van der Waals surface area contributed by atoms with Gasteiger partial charge < -0.3 is 15.1 Å². The molecular formula is C18H28ClN3O. The first kappa shape index (κ1) is 18.2. The van der Waals surface area contributed by atoms with E-state index in [4.69, 9.17) is 0 Å². The molecule has 128 valence electrons. The van der Waals surface area contributed by atoms with Gasteiger partial charge in [0.25, 0.3) is 0 Å². The van der Waals surface area contributed by atoms with Gasteiger partial charge in [-0.25, -0.2) is 0 Å². The van der Waals surface area contributed by atoms with Crippen molar-refractivity contribution in [1.82, 2.24) is 15.1 Å². The first-order chi connectivity index (χ1) is 10.7. The van der Waals surface area contributed by atoms with Crippen LogP contribution in [0.4, 0.5) is 0 Å². The number of rotatable bonds is 4. The zero-order chi connectivity index (χ0) is 15.4. The van der Waals surface area contributed by atoms with Gasteiger partial charge in [-0.3, -0.25) is 4.79 Å². The van der Waals surface area contributed by atoms with E-state index >= 15 is 0 Å². The smallest absolute Gasteiger partial charge is 0.223 e. The maximum Gasteiger partial charge on any atom is 0.223 e. The Morgan fingerprint density at radius 1 is 1.26 bits per heavy atom. The Hall–Kier alpha value is -1.10. The minimum absolute atomic E-state index is 0. The number of carbonyl (C=O) groups is 1. The molecule has 2 unspecified atom stereocenters. The second-order valence-electron chi connectivity index (χ2n) is 6.61. The van der Waals surface area contributed by atoms with Crippen molar-refractivity contribution in [2.24, 2.45) is 0 Å². The molecule has 2 fully saturated rings. The maximum absolute atomic E-state index is 12.7. The van der Waals surface area contributed by atoms with Crippen LogP contribution in [0.5, 0.6) is 0 Å². The molecule has 1 N–H and O–H groups in total. The Balaban J connectivity index is 0.00000192. The van der Waals surface area contributed by atoms with Gasteiger partial charge in [-0.1, -0.05) is 30.3 Å². The minimum Gasteiger partial charge on any atom is -0.333 e. The van der Waals surface area contributed by atoms with Crippen LogP contribution in [0.25, 0.3) is 0 Å². The Kier molecular flexibility index (Phi) is 6.88. The second kappa shape index (κ2) is 8.67. The third kappa shape index (κ3) is 4.69. The van der Waals surface area contributed by atoms with Crippen molar-refractivity contribution >= 4 is 18.3 Å². The molecule has 0 saturated carbocycles. The van der Waals surface area contributed by atoms with Gasteiger partial charge in [0.1, 0.15) is 0 Å². The number of nitrogens with one attached hydrogen (secondary N) is 1. The molecule has 2 heterocycles. The van der Waals surface area contributed by atoms with Crippen molar-refractivity contribution in [3.8, 4) is 0 Å². The van der Waals surface area contributed by atoms with Crippen molar-refractivity contribution in [2.45, 2.75) is 37.8 Å². The van der Waals surface area contributed by atoms with E-state index in [1.54, 1.807) is 0 Å². The zero-order valence-corrected chi connectivity index (χ0v) is 14.7. The molecule has 1 aromatic carbocycles. The molecule has 5 heteroatoms. The summed E-state index contributed by atoms with van der Waals surface area (Å²) in [6.07, 6.45) is 4.12. The number of hydrogen-bond acceptors (Lipinski definition) is 3. The summed E-state index contributed by atoms with van der Waals surface area (Å²) in [5, 5.41) is 3.49. The van der Waals surface area contributed by atoms with Crippen LogP contribution in [-0.2, 0) is 4.79 Å². The monoisotopic (exact) mass is 337 g/mol. The number of carbonyl (C=O) groups excluding carboxylic acids is 1. The topological polar surface area (TPSA) is 35.6 Å². The van der Waals surface area contributed by atoms with E-state index in [2.05, 4.69) is 46.4 Å². The summed E-state index contributed by atoms with van der Waals surface area (Å²) in [5.74, 6) is 0.315. The highest BCUT2D eigenvalue weighted by Gasteiger charge is 2.30. The van der Waals surface area contributed by atoms with Crippen LogP contribution in [0.2, 0.25) is 0 Å². The third-order valence-corrected chi connectivity index (χ3v) is 4.96. The lowest BCUT2D eigenvalue weighted by Crippen LogP contribution is -2.49. The highest BCUT2D eigenvalue weighted by Crippen LogP contribution is 2.26. The number of likely N-dealkylation sites (N-methyl/N-ethyl adjacent to an activating group) is 1. The molecule has 4 nitrogen and oxygen atoms in total. The first-order valence-corrected chi connectivity index (χ1v) is 8.50. The van der Waals surface area contributed by atoms with E-state index in [1.807, 2.05) is 6.07 Å². The fourth-order valence-corrected chi connectivity index (χ4v) is 3.62. The number of halogens is 1. The number of hydrogen-bond donors (Lipinski definition) is 1. The van der Waals surface area contributed by atoms with Gasteiger partial charge in [-0.05, 0) is 38.4 Å². The maximum atomic E-state index is 12.7. The predicted octanol–water partition coefficient (Wildman–Crippen LogP) is 2.46. The molecule has 2 atom stereocenters. The van der Waals surface area contributed by atoms with Gasteiger partial charge in [0.05, 0.1) is 6.04 Å². The van der Waals surface area contributed by atoms with Crippen molar-refractivity contribution in [2.75, 3.05) is 33.2 Å². The number of piperazine rings is 1. The highest BCUT2D eigenvalue weighted by molar-refractivity contribution is 5.85. The van der Waals surface area contributed by atoms with Gasteiger partial charge in [-0.2, -0.15) is 0 Å². The lowest BCUT2D eigenvalue weighted by molar-refractivity contribution is -0.136. The van der Waals surface area contributed by atoms with E-state index in [-0.39, 0.29) is 18.4 Å². The summed E-state index contributed by atoms with van der Waals surface area (Å²) in [6, 6.07) is 11.2. The SMILES string of the molecule is CN1CCN(C(=O)CCC2CCCN2)C(c2ccccc2)C1.Cl. The van der Waals surface area contributed by atoms with E-state index in [0.29, 0.717) is 18.4 Å². The fraction of sp³-hybridized carbons (Fsp3) is 0.611. The van der Waals surface area contributed by atoms with Crippen molar-refractivity contribution in [3.63, 3.8) is 0 Å². The summed E-state index contributed by atoms with van der Waals surface area (Å²) < 4.78 is 0. The van der Waals surface area contributed by atoms with Gasteiger partial charge in [-0.15, -0.1) is 12.4 Å². The molecule has 1 aromatic rings. The number of benzene rings is 1. The third-order valence-electron chi connectivity index (χ3n) is 4.96. The van der Waals surface area contributed by atoms with Crippen LogP contribution in [0, 0.1) is 0 Å². The van der Waals surface area contributed by atoms with Crippen LogP contribution in [0.3, 0.4) is 0 Å². The molecule has 23 heavy (non-hydrogen) atoms. The zero-order valence-electron chi connectivity index (χ0n) is 13.9. The molecule has 2 aliphatic rings. The standard InChI is InChI=1S/C18H27N3O.ClH/c1-20-12-13-21(17(14-20)15-6-3-2-4-7-15)18(22)10-9-16-8-5-11-19-16;/h2-4,6-7,16-17,19H,5,8-14H2,1H3;1H. The fourth-order valence-electron chi connectivity index (χ4n) is 3.62. The Labute approximate surface area is 145 Å². The summed E-state index contributed by atoms with van der Waals surface area (Å²) in [7, 11) is 2.14. The molecule has 0 aliphatic carbocycles. The van der Waals surface area contributed by atoms with E-state index < -0.39 is 0 Å². The largest absolute Gasteiger partial charge is 0.333 e. The Bertz CT molecular complexity index is 490. The Morgan fingerprint density at radius 3 is 2.74 bits per heavy atom. The Morgan fingerprint density at radius 2 is 2.04 bits per heavy atom. The second-order valence-corrected chi connectivity index (χ2v) is 6.61. The molecule has 2 saturated heterocycles. The average molecular weight is 338 g/mol. The number of amides is 1. The first-order valence-electron chi connectivity index (χ1n) is 8.50. The summed E-state index contributed by atoms with van der Waals surface area (Å²) in [6.45, 7) is 3.85. The van der Waals surface area contributed by atoms with E-state index in [9.17, 15) is 4.79 Å². The van der Waals surface area contributed by atoms with Crippen molar-refractivity contribution in [3.05, 3.63) is 35.9 Å². The average Bonchev–Trinajstić information content (AvgIpc) is 3.07. The van der Waals surface area contributed by atoms with Crippen LogP contribution >= 0.6 is 12.4 Å². The van der Waals surface area contributed by atoms with Crippen molar-refractivity contribution < 1.29 is 4.79 Å². The van der Waals surface area contributed by atoms with Crippen LogP contribution < -0.4 is 5.32 Å². The molecule has 0 radical (unpaired) electrons. The van der Waals surface area contributed by atoms with Crippen LogP contribution in [-0.4, -0.2) is 55.0 Å². The van der Waals surface area contributed by atoms with Crippen LogP contribution in [0.1, 0.15) is 37.3 Å². The summed E-state index contributed by atoms with van der Waals surface area (Å²) in [4.78, 5) is 17.1. The number of nitrogens with zero attached hydrogens (tertiary/aromatic N) is 2. The van der Waals surface area contributed by atoms with E-state index in [1.165, 1.54) is 18.4 Å². The lowest BCUT2D eigenvalue weighted by Gasteiger charge is -2.40. The lowest BCUT2D eigenvalue weighted by atomic mass is 10.0. The normalized spacial score (nSPS) is 25.2. The minimum atomic E-state index is 0. The van der Waals surface area contributed by atoms with Crippen LogP contribution in [0.15, 0.2) is 30.3 Å². The molecule has 1 amide bonds. The van der Waals surface area contributed by atoms with Gasteiger partial charge in [0.2, 0.25) is 5.91 Å². The molecule has 2 aliphatic heterocycles. The predicted molar refractivity (Wildman–Crippen MR) is 95.9 cm³/mol. The van der Waals surface area contributed by atoms with E-state index in [0.717, 1.165) is 32.6 Å².